The van der Waals surface area contributed by atoms with Crippen LogP contribution in [-0.2, 0) is 11.2 Å². The largest absolute Gasteiger partial charge is 0.309 e. The lowest BCUT2D eigenvalue weighted by molar-refractivity contribution is -0.118. The molecule has 4 heteroatoms. The first-order valence-corrected chi connectivity index (χ1v) is 8.36. The van der Waals surface area contributed by atoms with Crippen molar-refractivity contribution in [3.63, 3.8) is 0 Å². The average Bonchev–Trinajstić information content (AvgIpc) is 2.59. The van der Waals surface area contributed by atoms with E-state index in [2.05, 4.69) is 5.32 Å². The molecule has 0 saturated carbocycles. The Bertz CT molecular complexity index is 636. The van der Waals surface area contributed by atoms with E-state index in [-0.39, 0.29) is 11.9 Å². The minimum absolute atomic E-state index is 0.130. The Labute approximate surface area is 142 Å². The van der Waals surface area contributed by atoms with Crippen molar-refractivity contribution in [1.29, 1.82) is 0 Å². The van der Waals surface area contributed by atoms with Crippen LogP contribution in [0.2, 0.25) is 5.02 Å². The lowest BCUT2D eigenvalue weighted by Crippen LogP contribution is -2.45. The van der Waals surface area contributed by atoms with E-state index in [9.17, 15) is 4.79 Å². The minimum Gasteiger partial charge on any atom is -0.309 e. The Morgan fingerprint density at radius 1 is 1.04 bits per heavy atom. The number of halogens is 1. The highest BCUT2D eigenvalue weighted by atomic mass is 35.5. The van der Waals surface area contributed by atoms with Crippen molar-refractivity contribution < 1.29 is 4.79 Å². The van der Waals surface area contributed by atoms with Crippen molar-refractivity contribution in [2.45, 2.75) is 25.3 Å². The molecule has 1 aliphatic heterocycles. The molecule has 0 aliphatic carbocycles. The molecule has 0 spiro atoms. The smallest absolute Gasteiger partial charge is 0.231 e. The number of nitrogens with zero attached hydrogens (tertiary/aromatic N) is 2. The molecule has 1 fully saturated rings. The lowest BCUT2D eigenvalue weighted by Gasteiger charge is -2.34. The van der Waals surface area contributed by atoms with Gasteiger partial charge in [-0.25, -0.2) is 5.32 Å². The van der Waals surface area contributed by atoms with Crippen molar-refractivity contribution in [3.8, 4) is 0 Å². The summed E-state index contributed by atoms with van der Waals surface area (Å²) in [6, 6.07) is 17.6. The van der Waals surface area contributed by atoms with Gasteiger partial charge in [-0.1, -0.05) is 41.9 Å². The van der Waals surface area contributed by atoms with Gasteiger partial charge in [0, 0.05) is 29.8 Å². The van der Waals surface area contributed by atoms with Crippen molar-refractivity contribution in [3.05, 3.63) is 65.2 Å². The zero-order chi connectivity index (χ0) is 16.1. The second kappa shape index (κ2) is 7.62. The number of hydrogen-bond donors (Lipinski definition) is 0. The second-order valence-corrected chi connectivity index (χ2v) is 6.24. The molecule has 0 unspecified atom stereocenters. The van der Waals surface area contributed by atoms with Crippen molar-refractivity contribution in [2.24, 2.45) is 0 Å². The predicted octanol–water partition coefficient (Wildman–Crippen LogP) is 3.68. The molecular formula is C19H20ClN2O. The number of anilines is 1. The Morgan fingerprint density at radius 3 is 2.35 bits per heavy atom. The molecule has 1 aliphatic rings. The first kappa shape index (κ1) is 16.0. The van der Waals surface area contributed by atoms with Crippen LogP contribution in [0.4, 0.5) is 5.69 Å². The fourth-order valence-electron chi connectivity index (χ4n) is 3.01. The standard InChI is InChI=1S/C19H20ClN2O/c20-16-6-8-17(9-7-16)22(18-10-12-21-13-11-18)19(23)14-15-4-2-1-3-5-15/h1-9,18H,10-14H2. The topological polar surface area (TPSA) is 34.4 Å². The van der Waals surface area contributed by atoms with Gasteiger partial charge in [0.2, 0.25) is 5.91 Å². The molecule has 2 aromatic carbocycles. The van der Waals surface area contributed by atoms with Crippen molar-refractivity contribution in [1.82, 2.24) is 5.32 Å². The number of rotatable bonds is 4. The Morgan fingerprint density at radius 2 is 1.70 bits per heavy atom. The van der Waals surface area contributed by atoms with E-state index in [1.54, 1.807) is 0 Å². The lowest BCUT2D eigenvalue weighted by atomic mass is 10.0. The monoisotopic (exact) mass is 327 g/mol. The molecule has 1 heterocycles. The van der Waals surface area contributed by atoms with Gasteiger partial charge in [-0.15, -0.1) is 0 Å². The maximum atomic E-state index is 13.0. The normalized spacial score (nSPS) is 15.3. The third-order valence-corrected chi connectivity index (χ3v) is 4.43. The van der Waals surface area contributed by atoms with Gasteiger partial charge in [0.05, 0.1) is 6.42 Å². The molecule has 0 atom stereocenters. The highest BCUT2D eigenvalue weighted by molar-refractivity contribution is 6.30. The molecule has 1 radical (unpaired) electrons. The Kier molecular flexibility index (Phi) is 5.31. The van der Waals surface area contributed by atoms with Crippen molar-refractivity contribution >= 4 is 23.2 Å². The van der Waals surface area contributed by atoms with Gasteiger partial charge in [0.1, 0.15) is 0 Å². The summed E-state index contributed by atoms with van der Waals surface area (Å²) in [5.74, 6) is 0.130. The van der Waals surface area contributed by atoms with Crippen LogP contribution in [0.3, 0.4) is 0 Å². The van der Waals surface area contributed by atoms with Crippen molar-refractivity contribution in [2.75, 3.05) is 18.0 Å². The highest BCUT2D eigenvalue weighted by Crippen LogP contribution is 2.25. The van der Waals surface area contributed by atoms with Gasteiger partial charge < -0.3 is 4.90 Å². The quantitative estimate of drug-likeness (QED) is 0.843. The fraction of sp³-hybridized carbons (Fsp3) is 0.316. The summed E-state index contributed by atoms with van der Waals surface area (Å²) in [7, 11) is 0. The maximum Gasteiger partial charge on any atom is 0.231 e. The molecule has 23 heavy (non-hydrogen) atoms. The molecule has 3 nitrogen and oxygen atoms in total. The van der Waals surface area contributed by atoms with E-state index >= 15 is 0 Å². The van der Waals surface area contributed by atoms with Crippen LogP contribution in [0.25, 0.3) is 0 Å². The second-order valence-electron chi connectivity index (χ2n) is 5.80. The summed E-state index contributed by atoms with van der Waals surface area (Å²) in [5, 5.41) is 5.08. The van der Waals surface area contributed by atoms with E-state index in [1.807, 2.05) is 59.5 Å². The number of hydrogen-bond acceptors (Lipinski definition) is 1. The molecule has 119 valence electrons. The van der Waals surface area contributed by atoms with Gasteiger partial charge in [-0.2, -0.15) is 0 Å². The Hall–Kier alpha value is -1.84. The molecule has 1 saturated heterocycles. The average molecular weight is 328 g/mol. The van der Waals surface area contributed by atoms with Gasteiger partial charge in [0.25, 0.3) is 0 Å². The summed E-state index contributed by atoms with van der Waals surface area (Å²) in [5.41, 5.74) is 1.96. The number of carbonyl (C=O) groups is 1. The van der Waals surface area contributed by atoms with Crippen LogP contribution in [0.1, 0.15) is 18.4 Å². The van der Waals surface area contributed by atoms with E-state index in [0.717, 1.165) is 37.2 Å². The maximum absolute atomic E-state index is 13.0. The number of carbonyl (C=O) groups excluding carboxylic acids is 1. The minimum atomic E-state index is 0.130. The third-order valence-electron chi connectivity index (χ3n) is 4.18. The molecule has 1 amide bonds. The number of benzene rings is 2. The fourth-order valence-corrected chi connectivity index (χ4v) is 3.14. The summed E-state index contributed by atoms with van der Waals surface area (Å²) in [4.78, 5) is 14.9. The van der Waals surface area contributed by atoms with Gasteiger partial charge >= 0.3 is 0 Å². The molecule has 0 bridgehead atoms. The summed E-state index contributed by atoms with van der Waals surface area (Å²) in [6.07, 6.45) is 2.25. The van der Waals surface area contributed by atoms with Crippen LogP contribution < -0.4 is 10.2 Å². The summed E-state index contributed by atoms with van der Waals surface area (Å²) in [6.45, 7) is 1.65. The van der Waals surface area contributed by atoms with Crippen LogP contribution in [0.5, 0.6) is 0 Å². The highest BCUT2D eigenvalue weighted by Gasteiger charge is 2.27. The molecule has 2 aromatic rings. The summed E-state index contributed by atoms with van der Waals surface area (Å²) < 4.78 is 0. The van der Waals surface area contributed by atoms with Crippen LogP contribution in [-0.4, -0.2) is 25.0 Å². The van der Waals surface area contributed by atoms with Gasteiger partial charge in [0.15, 0.2) is 0 Å². The van der Waals surface area contributed by atoms with E-state index in [0.29, 0.717) is 11.4 Å². The van der Waals surface area contributed by atoms with Crippen LogP contribution >= 0.6 is 11.6 Å². The van der Waals surface area contributed by atoms with Crippen LogP contribution in [0.15, 0.2) is 54.6 Å². The van der Waals surface area contributed by atoms with E-state index in [4.69, 9.17) is 11.6 Å². The van der Waals surface area contributed by atoms with Gasteiger partial charge in [-0.3, -0.25) is 4.79 Å². The third kappa shape index (κ3) is 4.12. The predicted molar refractivity (Wildman–Crippen MR) is 94.0 cm³/mol. The van der Waals surface area contributed by atoms with Crippen LogP contribution in [0, 0.1) is 0 Å². The molecule has 0 N–H and O–H groups in total. The first-order chi connectivity index (χ1) is 11.2. The molecule has 3 rings (SSSR count). The van der Waals surface area contributed by atoms with Gasteiger partial charge in [-0.05, 0) is 42.7 Å². The van der Waals surface area contributed by atoms with E-state index in [1.165, 1.54) is 0 Å². The molecular weight excluding hydrogens is 308 g/mol. The van der Waals surface area contributed by atoms with E-state index < -0.39 is 0 Å². The zero-order valence-electron chi connectivity index (χ0n) is 13.0. The number of piperidine rings is 1. The summed E-state index contributed by atoms with van der Waals surface area (Å²) >= 11 is 5.99. The number of amides is 1. The molecule has 0 aromatic heterocycles. The SMILES string of the molecule is O=C(Cc1ccccc1)N(c1ccc(Cl)cc1)C1CC[N]CC1. The Balaban J connectivity index is 1.84. The zero-order valence-corrected chi connectivity index (χ0v) is 13.7. The first-order valence-electron chi connectivity index (χ1n) is 7.99.